The molecular formula is C20H19N3O5S. The van der Waals surface area contributed by atoms with E-state index in [0.29, 0.717) is 27.9 Å². The second kappa shape index (κ2) is 9.24. The van der Waals surface area contributed by atoms with Crippen molar-refractivity contribution in [3.05, 3.63) is 54.1 Å². The Kier molecular flexibility index (Phi) is 6.50. The Morgan fingerprint density at radius 1 is 1.21 bits per heavy atom. The predicted molar refractivity (Wildman–Crippen MR) is 112 cm³/mol. The molecule has 0 spiro atoms. The molecule has 1 N–H and O–H groups in total. The fourth-order valence-electron chi connectivity index (χ4n) is 2.70. The van der Waals surface area contributed by atoms with Crippen molar-refractivity contribution in [2.75, 3.05) is 19.1 Å². The normalized spacial score (nSPS) is 17.9. The molecule has 9 heteroatoms. The molecule has 1 heterocycles. The lowest BCUT2D eigenvalue weighted by Crippen LogP contribution is -2.32. The number of para-hydroxylation sites is 1. The van der Waals surface area contributed by atoms with E-state index in [0.717, 1.165) is 11.8 Å². The van der Waals surface area contributed by atoms with Gasteiger partial charge >= 0.3 is 5.97 Å². The number of carboxylic acids is 1. The lowest BCUT2D eigenvalue weighted by molar-refractivity contribution is -0.138. The van der Waals surface area contributed by atoms with E-state index in [2.05, 4.69) is 10.2 Å². The van der Waals surface area contributed by atoms with Gasteiger partial charge in [-0.25, -0.2) is 0 Å². The molecular weight excluding hydrogens is 394 g/mol. The topological polar surface area (TPSA) is 101 Å². The zero-order valence-corrected chi connectivity index (χ0v) is 16.6. The Morgan fingerprint density at radius 3 is 2.62 bits per heavy atom. The van der Waals surface area contributed by atoms with Gasteiger partial charge in [0.05, 0.1) is 32.5 Å². The molecule has 0 saturated carbocycles. The quantitative estimate of drug-likeness (QED) is 0.553. The van der Waals surface area contributed by atoms with E-state index >= 15 is 0 Å². The third-order valence-corrected chi connectivity index (χ3v) is 5.22. The van der Waals surface area contributed by atoms with Gasteiger partial charge in [-0.2, -0.15) is 5.10 Å². The summed E-state index contributed by atoms with van der Waals surface area (Å²) in [4.78, 5) is 25.2. The van der Waals surface area contributed by atoms with Gasteiger partial charge in [0.25, 0.3) is 0 Å². The molecule has 2 aromatic carbocycles. The van der Waals surface area contributed by atoms with Gasteiger partial charge in [-0.1, -0.05) is 30.0 Å². The maximum Gasteiger partial charge on any atom is 0.305 e. The highest BCUT2D eigenvalue weighted by Gasteiger charge is 2.40. The number of rotatable bonds is 7. The fourth-order valence-corrected chi connectivity index (χ4v) is 3.79. The molecule has 29 heavy (non-hydrogen) atoms. The lowest BCUT2D eigenvalue weighted by atomic mass is 10.2. The van der Waals surface area contributed by atoms with Gasteiger partial charge in [-0.3, -0.25) is 14.5 Å². The summed E-state index contributed by atoms with van der Waals surface area (Å²) in [5, 5.41) is 16.9. The zero-order chi connectivity index (χ0) is 20.8. The summed E-state index contributed by atoms with van der Waals surface area (Å²) < 4.78 is 10.5. The molecule has 1 saturated heterocycles. The summed E-state index contributed by atoms with van der Waals surface area (Å²) in [7, 11) is 3.10. The van der Waals surface area contributed by atoms with Crippen molar-refractivity contribution in [3.8, 4) is 11.5 Å². The van der Waals surface area contributed by atoms with Crippen LogP contribution in [0.1, 0.15) is 12.0 Å². The maximum atomic E-state index is 12.7. The van der Waals surface area contributed by atoms with E-state index in [4.69, 9.17) is 14.6 Å². The second-order valence-corrected chi connectivity index (χ2v) is 7.12. The van der Waals surface area contributed by atoms with Crippen LogP contribution in [-0.4, -0.2) is 47.8 Å². The minimum Gasteiger partial charge on any atom is -0.497 e. The molecule has 1 aliphatic heterocycles. The van der Waals surface area contributed by atoms with Crippen LogP contribution in [0.4, 0.5) is 5.69 Å². The van der Waals surface area contributed by atoms with Gasteiger partial charge in [0, 0.05) is 11.6 Å². The van der Waals surface area contributed by atoms with Crippen LogP contribution in [0.5, 0.6) is 11.5 Å². The first-order chi connectivity index (χ1) is 14.0. The number of carbonyl (C=O) groups is 2. The molecule has 0 aliphatic carbocycles. The van der Waals surface area contributed by atoms with Crippen molar-refractivity contribution >= 4 is 40.7 Å². The fraction of sp³-hybridized carbons (Fsp3) is 0.200. The highest BCUT2D eigenvalue weighted by atomic mass is 32.2. The van der Waals surface area contributed by atoms with Crippen molar-refractivity contribution < 1.29 is 24.2 Å². The molecule has 150 valence electrons. The molecule has 0 radical (unpaired) electrons. The molecule has 0 aromatic heterocycles. The van der Waals surface area contributed by atoms with Crippen LogP contribution in [0.3, 0.4) is 0 Å². The Balaban J connectivity index is 1.90. The molecule has 1 fully saturated rings. The van der Waals surface area contributed by atoms with Crippen LogP contribution in [-0.2, 0) is 9.59 Å². The largest absolute Gasteiger partial charge is 0.497 e. The van der Waals surface area contributed by atoms with E-state index in [1.807, 2.05) is 6.07 Å². The summed E-state index contributed by atoms with van der Waals surface area (Å²) in [6.07, 6.45) is 1.21. The molecule has 1 unspecified atom stereocenters. The number of thioether (sulfide) groups is 1. The Bertz CT molecular complexity index is 962. The van der Waals surface area contributed by atoms with E-state index in [-0.39, 0.29) is 12.3 Å². The summed E-state index contributed by atoms with van der Waals surface area (Å²) in [6, 6.07) is 14.2. The number of nitrogens with zero attached hydrogens (tertiary/aromatic N) is 3. The van der Waals surface area contributed by atoms with Crippen LogP contribution in [0.2, 0.25) is 0 Å². The first-order valence-corrected chi connectivity index (χ1v) is 9.52. The number of amidine groups is 1. The smallest absolute Gasteiger partial charge is 0.305 e. The molecule has 3 rings (SSSR count). The number of carboxylic acid groups (broad SMARTS) is 1. The highest BCUT2D eigenvalue weighted by molar-refractivity contribution is 8.16. The lowest BCUT2D eigenvalue weighted by Gasteiger charge is -2.15. The molecule has 2 aromatic rings. The van der Waals surface area contributed by atoms with Crippen molar-refractivity contribution in [1.82, 2.24) is 0 Å². The summed E-state index contributed by atoms with van der Waals surface area (Å²) >= 11 is 1.08. The Hall–Kier alpha value is -3.33. The van der Waals surface area contributed by atoms with Gasteiger partial charge in [0.2, 0.25) is 5.91 Å². The SMILES string of the molecule is COc1ccc(/C=N/N=C2/SC(CC(=O)O)C(=O)N2c2ccccc2)c(OC)c1. The van der Waals surface area contributed by atoms with E-state index in [1.54, 1.807) is 49.6 Å². The number of aliphatic carboxylic acids is 1. The van der Waals surface area contributed by atoms with E-state index < -0.39 is 11.2 Å². The second-order valence-electron chi connectivity index (χ2n) is 5.95. The number of ether oxygens (including phenoxy) is 2. The van der Waals surface area contributed by atoms with Gasteiger partial charge in [0.15, 0.2) is 5.17 Å². The van der Waals surface area contributed by atoms with Gasteiger partial charge in [-0.05, 0) is 24.3 Å². The van der Waals surface area contributed by atoms with Crippen molar-refractivity contribution in [2.45, 2.75) is 11.7 Å². The minimum atomic E-state index is -1.04. The van der Waals surface area contributed by atoms with Crippen LogP contribution in [0.15, 0.2) is 58.7 Å². The highest BCUT2D eigenvalue weighted by Crippen LogP contribution is 2.33. The number of hydrogen-bond acceptors (Lipinski definition) is 7. The summed E-state index contributed by atoms with van der Waals surface area (Å²) in [6.45, 7) is 0. The number of benzene rings is 2. The third-order valence-electron chi connectivity index (χ3n) is 4.09. The molecule has 8 nitrogen and oxygen atoms in total. The van der Waals surface area contributed by atoms with Crippen LogP contribution in [0, 0.1) is 0 Å². The van der Waals surface area contributed by atoms with Crippen LogP contribution in [0.25, 0.3) is 0 Å². The first-order valence-electron chi connectivity index (χ1n) is 8.64. The Morgan fingerprint density at radius 2 is 1.97 bits per heavy atom. The maximum absolute atomic E-state index is 12.7. The third kappa shape index (κ3) is 4.75. The summed E-state index contributed by atoms with van der Waals surface area (Å²) in [5.41, 5.74) is 1.29. The number of amides is 1. The number of methoxy groups -OCH3 is 2. The van der Waals surface area contributed by atoms with Crippen molar-refractivity contribution in [1.29, 1.82) is 0 Å². The monoisotopic (exact) mass is 413 g/mol. The average Bonchev–Trinajstić information content (AvgIpc) is 3.03. The average molecular weight is 413 g/mol. The molecule has 1 aliphatic rings. The van der Waals surface area contributed by atoms with E-state index in [1.165, 1.54) is 18.2 Å². The van der Waals surface area contributed by atoms with E-state index in [9.17, 15) is 9.59 Å². The van der Waals surface area contributed by atoms with Gasteiger partial charge in [-0.15, -0.1) is 5.10 Å². The first kappa shape index (κ1) is 20.4. The number of hydrogen-bond donors (Lipinski definition) is 1. The van der Waals surface area contributed by atoms with Gasteiger partial charge < -0.3 is 14.6 Å². The standard InChI is InChI=1S/C20H19N3O5S/c1-27-15-9-8-13(16(10-15)28-2)12-21-22-20-23(14-6-4-3-5-7-14)19(26)17(29-20)11-18(24)25/h3-10,12,17H,11H2,1-2H3,(H,24,25)/b21-12+,22-20+. The number of anilines is 1. The van der Waals surface area contributed by atoms with Crippen LogP contribution < -0.4 is 14.4 Å². The number of carbonyl (C=O) groups excluding carboxylic acids is 1. The Labute approximate surface area is 171 Å². The van der Waals surface area contributed by atoms with Crippen LogP contribution >= 0.6 is 11.8 Å². The molecule has 1 atom stereocenters. The van der Waals surface area contributed by atoms with Crippen molar-refractivity contribution in [2.24, 2.45) is 10.2 Å². The van der Waals surface area contributed by atoms with Crippen molar-refractivity contribution in [3.63, 3.8) is 0 Å². The van der Waals surface area contributed by atoms with Gasteiger partial charge in [0.1, 0.15) is 16.7 Å². The zero-order valence-electron chi connectivity index (χ0n) is 15.8. The molecule has 1 amide bonds. The predicted octanol–water partition coefficient (Wildman–Crippen LogP) is 3.02. The minimum absolute atomic E-state index is 0.290. The summed E-state index contributed by atoms with van der Waals surface area (Å²) in [5.74, 6) is -0.169. The molecule has 0 bridgehead atoms.